The molecule has 1 aliphatic heterocycles. The maximum absolute atomic E-state index is 13.7. The van der Waals surface area contributed by atoms with Crippen LogP contribution in [-0.4, -0.2) is 54.1 Å². The van der Waals surface area contributed by atoms with Gasteiger partial charge in [-0.1, -0.05) is 36.4 Å². The molecule has 32 heavy (non-hydrogen) atoms. The smallest absolute Gasteiger partial charge is 0.407 e. The Morgan fingerprint density at radius 2 is 1.22 bits per heavy atom. The minimum Gasteiger partial charge on any atom is -0.465 e. The van der Waals surface area contributed by atoms with Crippen molar-refractivity contribution in [3.05, 3.63) is 71.3 Å². The molecule has 0 aliphatic carbocycles. The quantitative estimate of drug-likeness (QED) is 0.580. The van der Waals surface area contributed by atoms with Crippen molar-refractivity contribution in [2.75, 3.05) is 26.2 Å². The van der Waals surface area contributed by atoms with Gasteiger partial charge in [-0.15, -0.1) is 0 Å². The molecule has 0 bridgehead atoms. The predicted octanol–water partition coefficient (Wildman–Crippen LogP) is 2.21. The molecule has 3 N–H and O–H groups in total. The number of halogens is 2. The second-order valence-corrected chi connectivity index (χ2v) is 7.67. The molecule has 0 saturated carbocycles. The molecule has 3 rings (SSSR count). The van der Waals surface area contributed by atoms with E-state index in [1.165, 1.54) is 12.1 Å². The van der Waals surface area contributed by atoms with Crippen LogP contribution in [0.2, 0.25) is 0 Å². The van der Waals surface area contributed by atoms with Gasteiger partial charge >= 0.3 is 6.09 Å². The maximum Gasteiger partial charge on any atom is 0.407 e. The topological polar surface area (TPSA) is 98.7 Å². The van der Waals surface area contributed by atoms with Crippen LogP contribution in [0.1, 0.15) is 11.1 Å². The van der Waals surface area contributed by atoms with E-state index in [2.05, 4.69) is 10.6 Å². The van der Waals surface area contributed by atoms with E-state index in [4.69, 9.17) is 0 Å². The zero-order valence-electron chi connectivity index (χ0n) is 17.4. The molecule has 1 fully saturated rings. The number of carboxylic acid groups (broad SMARTS) is 1. The highest BCUT2D eigenvalue weighted by Crippen LogP contribution is 2.24. The van der Waals surface area contributed by atoms with Crippen molar-refractivity contribution in [3.8, 4) is 0 Å². The lowest BCUT2D eigenvalue weighted by atomic mass is 9.94. The van der Waals surface area contributed by atoms with Gasteiger partial charge in [-0.05, 0) is 36.1 Å². The molecule has 1 heterocycles. The van der Waals surface area contributed by atoms with Gasteiger partial charge in [-0.3, -0.25) is 9.59 Å². The first-order chi connectivity index (χ1) is 15.4. The fourth-order valence-electron chi connectivity index (χ4n) is 3.80. The standard InChI is InChI=1S/C23H25F2N3O4/c24-19-7-3-1-5-15(19)9-11-26-21(29)17-13-28(23(31)32)14-18(17)22(30)27-12-10-16-6-2-4-8-20(16)25/h1-8,17-18H,9-14H2,(H,26,29)(H,27,30)(H,31,32)/t17-,18-/m0/s1. The monoisotopic (exact) mass is 445 g/mol. The van der Waals surface area contributed by atoms with Crippen molar-refractivity contribution in [1.82, 2.24) is 15.5 Å². The van der Waals surface area contributed by atoms with Gasteiger partial charge in [0.15, 0.2) is 0 Å². The van der Waals surface area contributed by atoms with Gasteiger partial charge in [0.1, 0.15) is 11.6 Å². The summed E-state index contributed by atoms with van der Waals surface area (Å²) in [6, 6.07) is 12.5. The third-order valence-electron chi connectivity index (χ3n) is 5.57. The molecule has 1 saturated heterocycles. The zero-order chi connectivity index (χ0) is 23.1. The van der Waals surface area contributed by atoms with Crippen molar-refractivity contribution < 1.29 is 28.3 Å². The van der Waals surface area contributed by atoms with Crippen molar-refractivity contribution in [3.63, 3.8) is 0 Å². The SMILES string of the molecule is O=C(NCCc1ccccc1F)[C@H]1CN(C(=O)O)C[C@@H]1C(=O)NCCc1ccccc1F. The van der Waals surface area contributed by atoms with Gasteiger partial charge in [-0.2, -0.15) is 0 Å². The third-order valence-corrected chi connectivity index (χ3v) is 5.57. The maximum atomic E-state index is 13.7. The Labute approximate surface area is 184 Å². The van der Waals surface area contributed by atoms with E-state index in [0.717, 1.165) is 4.90 Å². The van der Waals surface area contributed by atoms with E-state index < -0.39 is 29.7 Å². The molecule has 0 radical (unpaired) electrons. The van der Waals surface area contributed by atoms with Crippen LogP contribution in [0.5, 0.6) is 0 Å². The van der Waals surface area contributed by atoms with Crippen molar-refractivity contribution in [2.45, 2.75) is 12.8 Å². The van der Waals surface area contributed by atoms with E-state index in [0.29, 0.717) is 11.1 Å². The number of hydrogen-bond donors (Lipinski definition) is 3. The fourth-order valence-corrected chi connectivity index (χ4v) is 3.80. The van der Waals surface area contributed by atoms with Crippen LogP contribution < -0.4 is 10.6 Å². The van der Waals surface area contributed by atoms with Gasteiger partial charge in [0.05, 0.1) is 11.8 Å². The minimum absolute atomic E-state index is 0.105. The van der Waals surface area contributed by atoms with E-state index in [-0.39, 0.29) is 50.7 Å². The minimum atomic E-state index is -1.21. The van der Waals surface area contributed by atoms with Crippen LogP contribution in [0.25, 0.3) is 0 Å². The first-order valence-corrected chi connectivity index (χ1v) is 10.4. The molecule has 3 amide bonds. The van der Waals surface area contributed by atoms with E-state index in [1.54, 1.807) is 36.4 Å². The second-order valence-electron chi connectivity index (χ2n) is 7.67. The molecule has 170 valence electrons. The molecule has 2 atom stereocenters. The average Bonchev–Trinajstić information content (AvgIpc) is 3.22. The normalized spacial score (nSPS) is 17.8. The van der Waals surface area contributed by atoms with Crippen LogP contribution in [0.15, 0.2) is 48.5 Å². The van der Waals surface area contributed by atoms with Crippen molar-refractivity contribution >= 4 is 17.9 Å². The molecule has 0 aromatic heterocycles. The van der Waals surface area contributed by atoms with E-state index in [1.807, 2.05) is 0 Å². The number of rotatable bonds is 8. The van der Waals surface area contributed by atoms with Crippen LogP contribution in [0.4, 0.5) is 13.6 Å². The number of amides is 3. The lowest BCUT2D eigenvalue weighted by Gasteiger charge is -2.17. The first kappa shape index (κ1) is 23.2. The lowest BCUT2D eigenvalue weighted by Crippen LogP contribution is -2.42. The Balaban J connectivity index is 1.56. The first-order valence-electron chi connectivity index (χ1n) is 10.4. The summed E-state index contributed by atoms with van der Waals surface area (Å²) in [5.41, 5.74) is 0.905. The Morgan fingerprint density at radius 1 is 0.812 bits per heavy atom. The Kier molecular flexibility index (Phi) is 7.75. The van der Waals surface area contributed by atoms with Crippen LogP contribution in [0.3, 0.4) is 0 Å². The van der Waals surface area contributed by atoms with Gasteiger partial charge in [0.25, 0.3) is 0 Å². The molecule has 1 aliphatic rings. The molecule has 9 heteroatoms. The summed E-state index contributed by atoms with van der Waals surface area (Å²) >= 11 is 0. The molecule has 0 unspecified atom stereocenters. The number of likely N-dealkylation sites (tertiary alicyclic amines) is 1. The average molecular weight is 445 g/mol. The predicted molar refractivity (Wildman–Crippen MR) is 113 cm³/mol. The molecule has 7 nitrogen and oxygen atoms in total. The summed E-state index contributed by atoms with van der Waals surface area (Å²) in [4.78, 5) is 37.8. The number of hydrogen-bond acceptors (Lipinski definition) is 3. The molecular formula is C23H25F2N3O4. The number of benzene rings is 2. The van der Waals surface area contributed by atoms with E-state index >= 15 is 0 Å². The zero-order valence-corrected chi connectivity index (χ0v) is 17.4. The Hall–Kier alpha value is -3.49. The second kappa shape index (κ2) is 10.7. The lowest BCUT2D eigenvalue weighted by molar-refractivity contribution is -0.132. The number of carbonyl (C=O) groups is 3. The molecule has 2 aromatic carbocycles. The van der Waals surface area contributed by atoms with E-state index in [9.17, 15) is 28.3 Å². The Bertz CT molecular complexity index is 914. The van der Waals surface area contributed by atoms with Crippen LogP contribution in [-0.2, 0) is 22.4 Å². The number of carbonyl (C=O) groups excluding carboxylic acids is 2. The number of nitrogens with zero attached hydrogens (tertiary/aromatic N) is 1. The van der Waals surface area contributed by atoms with Crippen LogP contribution in [0, 0.1) is 23.5 Å². The summed E-state index contributed by atoms with van der Waals surface area (Å²) in [5.74, 6) is -3.38. The van der Waals surface area contributed by atoms with Gasteiger partial charge in [-0.25, -0.2) is 13.6 Å². The van der Waals surface area contributed by atoms with Crippen LogP contribution >= 0.6 is 0 Å². The van der Waals surface area contributed by atoms with Gasteiger partial charge in [0.2, 0.25) is 11.8 Å². The summed E-state index contributed by atoms with van der Waals surface area (Å²) < 4.78 is 27.5. The highest BCUT2D eigenvalue weighted by molar-refractivity contribution is 5.89. The summed E-state index contributed by atoms with van der Waals surface area (Å²) in [6.07, 6.45) is -0.670. The fraction of sp³-hybridized carbons (Fsp3) is 0.348. The van der Waals surface area contributed by atoms with Gasteiger partial charge in [0, 0.05) is 26.2 Å². The summed E-state index contributed by atoms with van der Waals surface area (Å²) in [5, 5.41) is 14.7. The molecular weight excluding hydrogens is 420 g/mol. The summed E-state index contributed by atoms with van der Waals surface area (Å²) in [7, 11) is 0. The number of nitrogens with one attached hydrogen (secondary N) is 2. The molecule has 0 spiro atoms. The Morgan fingerprint density at radius 3 is 1.59 bits per heavy atom. The third kappa shape index (κ3) is 5.81. The van der Waals surface area contributed by atoms with Gasteiger partial charge < -0.3 is 20.6 Å². The summed E-state index contributed by atoms with van der Waals surface area (Å²) in [6.45, 7) is 0.106. The highest BCUT2D eigenvalue weighted by Gasteiger charge is 2.43. The van der Waals surface area contributed by atoms with Crippen molar-refractivity contribution in [2.24, 2.45) is 11.8 Å². The highest BCUT2D eigenvalue weighted by atomic mass is 19.1. The van der Waals surface area contributed by atoms with Crippen molar-refractivity contribution in [1.29, 1.82) is 0 Å². The largest absolute Gasteiger partial charge is 0.465 e. The molecule has 2 aromatic rings.